The number of benzene rings is 3. The summed E-state index contributed by atoms with van der Waals surface area (Å²) in [5, 5.41) is 3.24. The lowest BCUT2D eigenvalue weighted by Crippen LogP contribution is -2.33. The van der Waals surface area contributed by atoms with Crippen LogP contribution in [0.4, 0.5) is 0 Å². The van der Waals surface area contributed by atoms with Gasteiger partial charge in [0.15, 0.2) is 0 Å². The van der Waals surface area contributed by atoms with E-state index in [2.05, 4.69) is 72.6 Å². The van der Waals surface area contributed by atoms with Gasteiger partial charge in [0.25, 0.3) is 5.91 Å². The minimum Gasteiger partial charge on any atom is -0.341 e. The van der Waals surface area contributed by atoms with Crippen LogP contribution in [-0.2, 0) is 6.54 Å². The lowest BCUT2D eigenvalue weighted by atomic mass is 9.97. The molecule has 3 aromatic carbocycles. The Morgan fingerprint density at radius 1 is 0.968 bits per heavy atom. The number of amides is 1. The van der Waals surface area contributed by atoms with E-state index >= 15 is 0 Å². The molecule has 1 amide bonds. The molecule has 31 heavy (non-hydrogen) atoms. The lowest BCUT2D eigenvalue weighted by Gasteiger charge is -2.30. The second-order valence-corrected chi connectivity index (χ2v) is 8.91. The maximum Gasteiger partial charge on any atom is 0.252 e. The zero-order chi connectivity index (χ0) is 21.6. The largest absolute Gasteiger partial charge is 0.341 e. The maximum atomic E-state index is 13.1. The van der Waals surface area contributed by atoms with Gasteiger partial charge in [-0.2, -0.15) is 0 Å². The fraction of sp³-hybridized carbons (Fsp3) is 0.321. The van der Waals surface area contributed by atoms with Gasteiger partial charge < -0.3 is 5.32 Å². The number of aryl methyl sites for hydroxylation is 1. The van der Waals surface area contributed by atoms with Gasteiger partial charge >= 0.3 is 0 Å². The van der Waals surface area contributed by atoms with E-state index in [4.69, 9.17) is 0 Å². The highest BCUT2D eigenvalue weighted by Crippen LogP contribution is 2.23. The van der Waals surface area contributed by atoms with E-state index in [1.165, 1.54) is 30.5 Å². The Kier molecular flexibility index (Phi) is 6.83. The molecular formula is C28H32N2O. The summed E-state index contributed by atoms with van der Waals surface area (Å²) in [6, 6.07) is 26.4. The van der Waals surface area contributed by atoms with Crippen LogP contribution in [0.25, 0.3) is 0 Å². The first-order valence-electron chi connectivity index (χ1n) is 11.3. The molecule has 0 aliphatic carbocycles. The fourth-order valence-corrected chi connectivity index (χ4v) is 4.43. The van der Waals surface area contributed by atoms with E-state index in [-0.39, 0.29) is 11.9 Å². The van der Waals surface area contributed by atoms with Crippen LogP contribution in [-0.4, -0.2) is 23.9 Å². The summed E-state index contributed by atoms with van der Waals surface area (Å²) >= 11 is 0. The number of hydrogen-bond donors (Lipinski definition) is 1. The quantitative estimate of drug-likeness (QED) is 0.559. The minimum atomic E-state index is -0.177. The lowest BCUT2D eigenvalue weighted by molar-refractivity contribution is 0.0943. The van der Waals surface area contributed by atoms with Gasteiger partial charge in [0, 0.05) is 18.7 Å². The van der Waals surface area contributed by atoms with Gasteiger partial charge in [-0.3, -0.25) is 9.69 Å². The van der Waals surface area contributed by atoms with Crippen molar-refractivity contribution in [1.82, 2.24) is 10.2 Å². The van der Waals surface area contributed by atoms with Crippen LogP contribution in [0.15, 0.2) is 78.9 Å². The molecule has 1 N–H and O–H groups in total. The van der Waals surface area contributed by atoms with Crippen molar-refractivity contribution in [2.24, 2.45) is 5.92 Å². The molecule has 1 fully saturated rings. The molecule has 1 aliphatic rings. The van der Waals surface area contributed by atoms with Crippen molar-refractivity contribution >= 4 is 5.91 Å². The Balaban J connectivity index is 1.47. The second kappa shape index (κ2) is 9.93. The van der Waals surface area contributed by atoms with Crippen LogP contribution in [0.2, 0.25) is 0 Å². The summed E-state index contributed by atoms with van der Waals surface area (Å²) in [5.74, 6) is 0.725. The second-order valence-electron chi connectivity index (χ2n) is 8.91. The Hall–Kier alpha value is -2.91. The van der Waals surface area contributed by atoms with Crippen molar-refractivity contribution in [2.45, 2.75) is 39.3 Å². The Morgan fingerprint density at radius 2 is 1.65 bits per heavy atom. The molecule has 0 radical (unpaired) electrons. The first-order valence-corrected chi connectivity index (χ1v) is 11.3. The number of nitrogens with zero attached hydrogens (tertiary/aromatic N) is 1. The first-order chi connectivity index (χ1) is 15.1. The third-order valence-corrected chi connectivity index (χ3v) is 6.18. The van der Waals surface area contributed by atoms with Crippen molar-refractivity contribution < 1.29 is 4.79 Å². The van der Waals surface area contributed by atoms with Crippen LogP contribution in [0, 0.1) is 12.8 Å². The molecule has 3 heteroatoms. The van der Waals surface area contributed by atoms with Gasteiger partial charge in [-0.1, -0.05) is 79.2 Å². The topological polar surface area (TPSA) is 32.3 Å². The van der Waals surface area contributed by atoms with Crippen LogP contribution >= 0.6 is 0 Å². The number of likely N-dealkylation sites (tertiary alicyclic amines) is 1. The van der Waals surface area contributed by atoms with Gasteiger partial charge in [0.05, 0.1) is 6.04 Å². The molecule has 0 aromatic heterocycles. The van der Waals surface area contributed by atoms with Crippen molar-refractivity contribution in [2.75, 3.05) is 13.1 Å². The Morgan fingerprint density at radius 3 is 2.32 bits per heavy atom. The smallest absolute Gasteiger partial charge is 0.252 e. The number of nitrogens with one attached hydrogen (secondary N) is 1. The molecular weight excluding hydrogens is 380 g/mol. The molecule has 0 saturated carbocycles. The van der Waals surface area contributed by atoms with Gasteiger partial charge in [-0.05, 0) is 61.1 Å². The summed E-state index contributed by atoms with van der Waals surface area (Å²) in [4.78, 5) is 15.6. The van der Waals surface area contributed by atoms with Gasteiger partial charge in [0.2, 0.25) is 0 Å². The SMILES string of the molecule is Cc1ccc([C@@H](NC(=O)c2ccc(CN3CCC[C@@H](C)C3)cc2)c2ccccc2)cc1. The Labute approximate surface area is 186 Å². The van der Waals surface area contributed by atoms with Crippen LogP contribution in [0.3, 0.4) is 0 Å². The van der Waals surface area contributed by atoms with Crippen molar-refractivity contribution in [1.29, 1.82) is 0 Å². The maximum absolute atomic E-state index is 13.1. The number of hydrogen-bond acceptors (Lipinski definition) is 2. The van der Waals surface area contributed by atoms with Crippen molar-refractivity contribution in [3.63, 3.8) is 0 Å². The highest BCUT2D eigenvalue weighted by Gasteiger charge is 2.19. The average Bonchev–Trinajstić information content (AvgIpc) is 2.79. The molecule has 3 aromatic rings. The summed E-state index contributed by atoms with van der Waals surface area (Å²) in [6.45, 7) is 7.70. The van der Waals surface area contributed by atoms with E-state index in [0.717, 1.165) is 30.1 Å². The zero-order valence-corrected chi connectivity index (χ0v) is 18.6. The summed E-state index contributed by atoms with van der Waals surface area (Å²) < 4.78 is 0. The zero-order valence-electron chi connectivity index (χ0n) is 18.6. The molecule has 2 atom stereocenters. The fourth-order valence-electron chi connectivity index (χ4n) is 4.43. The highest BCUT2D eigenvalue weighted by molar-refractivity contribution is 5.94. The summed E-state index contributed by atoms with van der Waals surface area (Å²) in [5.41, 5.74) is 5.34. The predicted molar refractivity (Wildman–Crippen MR) is 127 cm³/mol. The van der Waals surface area contributed by atoms with E-state index < -0.39 is 0 Å². The highest BCUT2D eigenvalue weighted by atomic mass is 16.1. The van der Waals surface area contributed by atoms with Crippen molar-refractivity contribution in [3.05, 3.63) is 107 Å². The molecule has 1 heterocycles. The molecule has 4 rings (SSSR count). The normalized spacial score (nSPS) is 17.8. The van der Waals surface area contributed by atoms with E-state index in [0.29, 0.717) is 5.56 Å². The number of carbonyl (C=O) groups is 1. The van der Waals surface area contributed by atoms with E-state index in [1.807, 2.05) is 30.3 Å². The van der Waals surface area contributed by atoms with Crippen LogP contribution < -0.4 is 5.32 Å². The predicted octanol–water partition coefficient (Wildman–Crippen LogP) is 5.75. The van der Waals surface area contributed by atoms with Crippen LogP contribution in [0.5, 0.6) is 0 Å². The van der Waals surface area contributed by atoms with Crippen LogP contribution in [0.1, 0.15) is 58.4 Å². The third kappa shape index (κ3) is 5.62. The molecule has 3 nitrogen and oxygen atoms in total. The molecule has 0 bridgehead atoms. The van der Waals surface area contributed by atoms with Crippen molar-refractivity contribution in [3.8, 4) is 0 Å². The minimum absolute atomic E-state index is 0.0485. The molecule has 160 valence electrons. The van der Waals surface area contributed by atoms with Gasteiger partial charge in [-0.25, -0.2) is 0 Å². The molecule has 0 spiro atoms. The summed E-state index contributed by atoms with van der Waals surface area (Å²) in [7, 11) is 0. The molecule has 1 aliphatic heterocycles. The van der Waals surface area contributed by atoms with E-state index in [1.54, 1.807) is 0 Å². The van der Waals surface area contributed by atoms with Gasteiger partial charge in [-0.15, -0.1) is 0 Å². The number of carbonyl (C=O) groups excluding carboxylic acids is 1. The standard InChI is InChI=1S/C28H32N2O/c1-21-10-14-25(15-11-21)27(24-8-4-3-5-9-24)29-28(31)26-16-12-23(13-17-26)20-30-18-6-7-22(2)19-30/h3-5,8-17,22,27H,6-7,18-20H2,1-2H3,(H,29,31)/t22-,27+/m1/s1. The summed E-state index contributed by atoms with van der Waals surface area (Å²) in [6.07, 6.45) is 2.61. The first kappa shape index (κ1) is 21.3. The number of piperidine rings is 1. The van der Waals surface area contributed by atoms with E-state index in [9.17, 15) is 4.79 Å². The van der Waals surface area contributed by atoms with Gasteiger partial charge in [0.1, 0.15) is 0 Å². The monoisotopic (exact) mass is 412 g/mol. The average molecular weight is 413 g/mol. The number of rotatable bonds is 6. The Bertz CT molecular complexity index is 980. The molecule has 1 saturated heterocycles. The molecule has 0 unspecified atom stereocenters. The third-order valence-electron chi connectivity index (χ3n) is 6.18.